The zero-order valence-electron chi connectivity index (χ0n) is 11.6. The average Bonchev–Trinajstić information content (AvgIpc) is 2.39. The molecule has 0 radical (unpaired) electrons. The van der Waals surface area contributed by atoms with E-state index in [9.17, 15) is 4.79 Å². The minimum absolute atomic E-state index is 0. The minimum atomic E-state index is -0.288. The molecule has 1 aliphatic rings. The molecule has 1 unspecified atom stereocenters. The second-order valence-corrected chi connectivity index (χ2v) is 5.23. The van der Waals surface area contributed by atoms with Gasteiger partial charge in [0.05, 0.1) is 18.8 Å². The smallest absolute Gasteiger partial charge is 0.240 e. The van der Waals surface area contributed by atoms with Gasteiger partial charge in [0.2, 0.25) is 5.91 Å². The third-order valence-corrected chi connectivity index (χ3v) is 3.58. The first-order chi connectivity index (χ1) is 9.08. The van der Waals surface area contributed by atoms with Crippen LogP contribution in [-0.2, 0) is 9.53 Å². The van der Waals surface area contributed by atoms with E-state index >= 15 is 0 Å². The lowest BCUT2D eigenvalue weighted by atomic mass is 10.1. The van der Waals surface area contributed by atoms with Crippen molar-refractivity contribution in [2.24, 2.45) is 0 Å². The van der Waals surface area contributed by atoms with Crippen molar-refractivity contribution in [2.45, 2.75) is 32.0 Å². The molecule has 2 N–H and O–H groups in total. The van der Waals surface area contributed by atoms with Crippen molar-refractivity contribution in [3.63, 3.8) is 0 Å². The number of nitrogens with one attached hydrogen (secondary N) is 2. The van der Waals surface area contributed by atoms with Crippen LogP contribution in [0.4, 0.5) is 0 Å². The van der Waals surface area contributed by atoms with Crippen LogP contribution in [0.15, 0.2) is 24.3 Å². The summed E-state index contributed by atoms with van der Waals surface area (Å²) in [5.41, 5.74) is 1.03. The maximum absolute atomic E-state index is 12.2. The summed E-state index contributed by atoms with van der Waals surface area (Å²) in [5.74, 6) is -0.0327. The largest absolute Gasteiger partial charge is 0.375 e. The van der Waals surface area contributed by atoms with Crippen molar-refractivity contribution in [2.75, 3.05) is 13.2 Å². The summed E-state index contributed by atoms with van der Waals surface area (Å²) < 4.78 is 5.47. The number of halogens is 2. The molecule has 0 saturated carbocycles. The summed E-state index contributed by atoms with van der Waals surface area (Å²) in [7, 11) is 0. The monoisotopic (exact) mass is 318 g/mol. The number of amides is 1. The summed E-state index contributed by atoms with van der Waals surface area (Å²) in [4.78, 5) is 12.2. The van der Waals surface area contributed by atoms with E-state index in [1.807, 2.05) is 38.1 Å². The summed E-state index contributed by atoms with van der Waals surface area (Å²) >= 11 is 5.85. The molecule has 0 bridgehead atoms. The maximum atomic E-state index is 12.2. The molecule has 4 nitrogen and oxygen atoms in total. The van der Waals surface area contributed by atoms with Gasteiger partial charge in [0, 0.05) is 11.6 Å². The number of rotatable bonds is 3. The first-order valence-corrected chi connectivity index (χ1v) is 6.86. The number of ether oxygens (including phenoxy) is 1. The van der Waals surface area contributed by atoms with Crippen LogP contribution in [-0.4, -0.2) is 31.2 Å². The van der Waals surface area contributed by atoms with E-state index in [0.29, 0.717) is 18.2 Å². The van der Waals surface area contributed by atoms with Gasteiger partial charge in [-0.15, -0.1) is 12.4 Å². The first kappa shape index (κ1) is 17.2. The third kappa shape index (κ3) is 4.35. The molecule has 1 amide bonds. The molecule has 1 saturated heterocycles. The predicted molar refractivity (Wildman–Crippen MR) is 82.5 cm³/mol. The zero-order valence-corrected chi connectivity index (χ0v) is 13.1. The molecular weight excluding hydrogens is 299 g/mol. The van der Waals surface area contributed by atoms with Crippen LogP contribution < -0.4 is 10.6 Å². The summed E-state index contributed by atoms with van der Waals surface area (Å²) in [6.07, 6.45) is -0.105. The molecular formula is C14H20Cl2N2O2. The lowest BCUT2D eigenvalue weighted by Gasteiger charge is -2.30. The van der Waals surface area contributed by atoms with E-state index in [0.717, 1.165) is 5.56 Å². The van der Waals surface area contributed by atoms with Gasteiger partial charge in [-0.25, -0.2) is 0 Å². The Kier molecular flexibility index (Phi) is 6.76. The van der Waals surface area contributed by atoms with E-state index in [4.69, 9.17) is 16.3 Å². The zero-order chi connectivity index (χ0) is 13.8. The van der Waals surface area contributed by atoms with Crippen molar-refractivity contribution in [3.05, 3.63) is 34.9 Å². The second-order valence-electron chi connectivity index (χ2n) is 4.79. The Labute approximate surface area is 130 Å². The molecule has 1 heterocycles. The highest BCUT2D eigenvalue weighted by molar-refractivity contribution is 6.30. The normalized spacial score (nSPS) is 23.6. The van der Waals surface area contributed by atoms with Gasteiger partial charge in [0.15, 0.2) is 0 Å². The Morgan fingerprint density at radius 3 is 2.70 bits per heavy atom. The van der Waals surface area contributed by atoms with Gasteiger partial charge in [0.25, 0.3) is 0 Å². The van der Waals surface area contributed by atoms with Crippen LogP contribution in [0.5, 0.6) is 0 Å². The van der Waals surface area contributed by atoms with Gasteiger partial charge < -0.3 is 15.4 Å². The van der Waals surface area contributed by atoms with Gasteiger partial charge in [-0.2, -0.15) is 0 Å². The second kappa shape index (κ2) is 7.84. The van der Waals surface area contributed by atoms with E-state index in [1.54, 1.807) is 0 Å². The molecule has 0 aliphatic carbocycles. The van der Waals surface area contributed by atoms with Crippen LogP contribution in [0, 0.1) is 0 Å². The molecule has 1 fully saturated rings. The number of carbonyl (C=O) groups excluding carboxylic acids is 1. The van der Waals surface area contributed by atoms with Crippen molar-refractivity contribution < 1.29 is 9.53 Å². The topological polar surface area (TPSA) is 50.4 Å². The van der Waals surface area contributed by atoms with Crippen molar-refractivity contribution in [1.29, 1.82) is 0 Å². The van der Waals surface area contributed by atoms with Crippen LogP contribution in [0.3, 0.4) is 0 Å². The molecule has 20 heavy (non-hydrogen) atoms. The number of morpholine rings is 1. The first-order valence-electron chi connectivity index (χ1n) is 6.49. The molecule has 1 aromatic rings. The molecule has 1 aromatic carbocycles. The lowest BCUT2D eigenvalue weighted by molar-refractivity contribution is -0.129. The van der Waals surface area contributed by atoms with E-state index < -0.39 is 0 Å². The third-order valence-electron chi connectivity index (χ3n) is 3.33. The molecule has 6 heteroatoms. The van der Waals surface area contributed by atoms with Crippen LogP contribution >= 0.6 is 24.0 Å². The van der Waals surface area contributed by atoms with Gasteiger partial charge in [-0.3, -0.25) is 4.79 Å². The molecule has 3 atom stereocenters. The fourth-order valence-electron chi connectivity index (χ4n) is 2.17. The predicted octanol–water partition coefficient (Wildman–Crippen LogP) is 2.32. The molecule has 0 spiro atoms. The number of hydrogen-bond acceptors (Lipinski definition) is 3. The van der Waals surface area contributed by atoms with Crippen molar-refractivity contribution in [1.82, 2.24) is 10.6 Å². The van der Waals surface area contributed by atoms with Crippen LogP contribution in [0.1, 0.15) is 25.5 Å². The van der Waals surface area contributed by atoms with Gasteiger partial charge in [0.1, 0.15) is 6.04 Å². The van der Waals surface area contributed by atoms with Crippen LogP contribution in [0.2, 0.25) is 5.02 Å². The summed E-state index contributed by atoms with van der Waals surface area (Å²) in [6, 6.07) is 7.14. The van der Waals surface area contributed by atoms with E-state index in [1.165, 1.54) is 0 Å². The summed E-state index contributed by atoms with van der Waals surface area (Å²) in [5, 5.41) is 6.86. The Morgan fingerprint density at radius 1 is 1.45 bits per heavy atom. The molecule has 1 aliphatic heterocycles. The Hall–Kier alpha value is -0.810. The Balaban J connectivity index is 0.00000200. The quantitative estimate of drug-likeness (QED) is 0.899. The fourth-order valence-corrected chi connectivity index (χ4v) is 2.29. The van der Waals surface area contributed by atoms with Crippen LogP contribution in [0.25, 0.3) is 0 Å². The highest BCUT2D eigenvalue weighted by atomic mass is 35.5. The number of carbonyl (C=O) groups is 1. The average molecular weight is 319 g/mol. The van der Waals surface area contributed by atoms with E-state index in [2.05, 4.69) is 10.6 Å². The molecule has 112 valence electrons. The highest BCUT2D eigenvalue weighted by Crippen LogP contribution is 2.16. The minimum Gasteiger partial charge on any atom is -0.375 e. The van der Waals surface area contributed by atoms with Gasteiger partial charge in [-0.1, -0.05) is 23.7 Å². The van der Waals surface area contributed by atoms with Crippen molar-refractivity contribution >= 4 is 29.9 Å². The number of hydrogen-bond donors (Lipinski definition) is 2. The number of benzene rings is 1. The van der Waals surface area contributed by atoms with E-state index in [-0.39, 0.29) is 36.5 Å². The summed E-state index contributed by atoms with van der Waals surface area (Å²) in [6.45, 7) is 5.22. The lowest BCUT2D eigenvalue weighted by Crippen LogP contribution is -2.55. The maximum Gasteiger partial charge on any atom is 0.240 e. The Bertz CT molecular complexity index is 439. The fraction of sp³-hybridized carbons (Fsp3) is 0.500. The van der Waals surface area contributed by atoms with Gasteiger partial charge in [-0.05, 0) is 31.5 Å². The Morgan fingerprint density at radius 2 is 2.10 bits per heavy atom. The molecule has 2 rings (SSSR count). The SMILES string of the molecule is CC(NC(=O)[C@H]1NCCO[C@@H]1C)c1ccc(Cl)cc1.Cl. The van der Waals surface area contributed by atoms with Crippen molar-refractivity contribution in [3.8, 4) is 0 Å². The molecule has 0 aromatic heterocycles. The van der Waals surface area contributed by atoms with Gasteiger partial charge >= 0.3 is 0 Å². The highest BCUT2D eigenvalue weighted by Gasteiger charge is 2.29. The standard InChI is InChI=1S/C14H19ClN2O2.ClH/c1-9(11-3-5-12(15)6-4-11)17-14(18)13-10(2)19-8-7-16-13;/h3-6,9-10,13,16H,7-8H2,1-2H3,(H,17,18);1H/t9?,10-,13+;/m1./s1.